The van der Waals surface area contributed by atoms with E-state index >= 15 is 0 Å². The highest BCUT2D eigenvalue weighted by atomic mass is 35.5. The summed E-state index contributed by atoms with van der Waals surface area (Å²) in [6.07, 6.45) is 1.34. The molecule has 0 N–H and O–H groups in total. The fourth-order valence-corrected chi connectivity index (χ4v) is 1.97. The number of alkyl halides is 1. The van der Waals surface area contributed by atoms with Gasteiger partial charge >= 0.3 is 0 Å². The average molecular weight is 246 g/mol. The van der Waals surface area contributed by atoms with Crippen molar-refractivity contribution in [3.63, 3.8) is 0 Å². The van der Waals surface area contributed by atoms with Gasteiger partial charge < -0.3 is 4.90 Å². The molecule has 1 aromatic heterocycles. The predicted molar refractivity (Wildman–Crippen MR) is 65.6 cm³/mol. The monoisotopic (exact) mass is 245 g/mol. The largest absolute Gasteiger partial charge is 0.345 e. The van der Waals surface area contributed by atoms with Crippen molar-refractivity contribution in [1.29, 1.82) is 0 Å². The van der Waals surface area contributed by atoms with Crippen LogP contribution in [0.25, 0.3) is 0 Å². The van der Waals surface area contributed by atoms with Gasteiger partial charge in [-0.15, -0.1) is 11.6 Å². The van der Waals surface area contributed by atoms with Gasteiger partial charge in [0.05, 0.1) is 6.42 Å². The molecule has 1 rings (SSSR count). The number of hydrogen-bond donors (Lipinski definition) is 0. The topological polar surface area (TPSA) is 20.3 Å². The maximum atomic E-state index is 11.7. The van der Waals surface area contributed by atoms with E-state index in [1.54, 1.807) is 16.2 Å². The summed E-state index contributed by atoms with van der Waals surface area (Å²) >= 11 is 7.45. The Morgan fingerprint density at radius 3 is 2.93 bits per heavy atom. The zero-order valence-electron chi connectivity index (χ0n) is 9.07. The summed E-state index contributed by atoms with van der Waals surface area (Å²) in [6, 6.07) is 1.99. The Labute approximate surface area is 99.9 Å². The van der Waals surface area contributed by atoms with E-state index in [4.69, 9.17) is 11.6 Å². The standard InChI is InChI=1S/C11H16ClNOS/c1-9(12)3-5-13(2)11(14)7-10-4-6-15-8-10/h4,6,8-9H,3,5,7H2,1-2H3. The van der Waals surface area contributed by atoms with E-state index in [1.165, 1.54) is 0 Å². The summed E-state index contributed by atoms with van der Waals surface area (Å²) in [5, 5.41) is 4.13. The normalized spacial score (nSPS) is 12.5. The summed E-state index contributed by atoms with van der Waals surface area (Å²) in [4.78, 5) is 13.5. The number of likely N-dealkylation sites (N-methyl/N-ethyl adjacent to an activating group) is 1. The van der Waals surface area contributed by atoms with E-state index in [2.05, 4.69) is 0 Å². The summed E-state index contributed by atoms with van der Waals surface area (Å²) in [6.45, 7) is 2.67. The highest BCUT2D eigenvalue weighted by molar-refractivity contribution is 7.07. The minimum Gasteiger partial charge on any atom is -0.345 e. The van der Waals surface area contributed by atoms with Crippen molar-refractivity contribution in [2.45, 2.75) is 25.1 Å². The molecule has 0 bridgehead atoms. The van der Waals surface area contributed by atoms with Gasteiger partial charge in [0, 0.05) is 19.0 Å². The number of hydrogen-bond acceptors (Lipinski definition) is 2. The second-order valence-electron chi connectivity index (χ2n) is 3.69. The number of nitrogens with zero attached hydrogens (tertiary/aromatic N) is 1. The third kappa shape index (κ3) is 4.67. The molecule has 0 aliphatic carbocycles. The lowest BCUT2D eigenvalue weighted by Crippen LogP contribution is -2.30. The van der Waals surface area contributed by atoms with E-state index in [0.29, 0.717) is 6.42 Å². The SMILES string of the molecule is CC(Cl)CCN(C)C(=O)Cc1ccsc1. The fourth-order valence-electron chi connectivity index (χ4n) is 1.20. The van der Waals surface area contributed by atoms with Crippen molar-refractivity contribution in [2.24, 2.45) is 0 Å². The van der Waals surface area contributed by atoms with Gasteiger partial charge in [0.2, 0.25) is 5.91 Å². The minimum absolute atomic E-state index is 0.126. The maximum absolute atomic E-state index is 11.7. The molecule has 1 unspecified atom stereocenters. The fraction of sp³-hybridized carbons (Fsp3) is 0.545. The van der Waals surface area contributed by atoms with Crippen LogP contribution in [0.15, 0.2) is 16.8 Å². The van der Waals surface area contributed by atoms with Crippen LogP contribution in [0.3, 0.4) is 0 Å². The van der Waals surface area contributed by atoms with Crippen molar-refractivity contribution in [2.75, 3.05) is 13.6 Å². The molecule has 1 amide bonds. The molecule has 2 nitrogen and oxygen atoms in total. The summed E-state index contributed by atoms with van der Waals surface area (Å²) in [5.74, 6) is 0.158. The van der Waals surface area contributed by atoms with Crippen molar-refractivity contribution < 1.29 is 4.79 Å². The molecule has 0 radical (unpaired) electrons. The van der Waals surface area contributed by atoms with Crippen LogP contribution in [0.2, 0.25) is 0 Å². The third-order valence-electron chi connectivity index (χ3n) is 2.22. The quantitative estimate of drug-likeness (QED) is 0.731. The zero-order valence-corrected chi connectivity index (χ0v) is 10.6. The molecule has 0 aliphatic rings. The van der Waals surface area contributed by atoms with Gasteiger partial charge in [-0.1, -0.05) is 0 Å². The molecule has 0 fully saturated rings. The zero-order chi connectivity index (χ0) is 11.3. The molecule has 0 saturated carbocycles. The van der Waals surface area contributed by atoms with E-state index in [9.17, 15) is 4.79 Å². The van der Waals surface area contributed by atoms with E-state index in [-0.39, 0.29) is 11.3 Å². The van der Waals surface area contributed by atoms with Crippen LogP contribution in [0.1, 0.15) is 18.9 Å². The summed E-state index contributed by atoms with van der Waals surface area (Å²) in [7, 11) is 1.83. The number of rotatable bonds is 5. The first-order valence-corrected chi connectivity index (χ1v) is 6.36. The molecule has 1 aromatic rings. The lowest BCUT2D eigenvalue weighted by molar-refractivity contribution is -0.129. The van der Waals surface area contributed by atoms with Crippen LogP contribution in [-0.2, 0) is 11.2 Å². The van der Waals surface area contributed by atoms with Gasteiger partial charge in [-0.25, -0.2) is 0 Å². The third-order valence-corrected chi connectivity index (χ3v) is 3.17. The smallest absolute Gasteiger partial charge is 0.226 e. The number of thiophene rings is 1. The molecule has 1 atom stereocenters. The van der Waals surface area contributed by atoms with Crippen LogP contribution in [-0.4, -0.2) is 29.8 Å². The van der Waals surface area contributed by atoms with Gasteiger partial charge in [-0.2, -0.15) is 11.3 Å². The van der Waals surface area contributed by atoms with Crippen LogP contribution in [0.4, 0.5) is 0 Å². The van der Waals surface area contributed by atoms with Crippen LogP contribution in [0, 0.1) is 0 Å². The Morgan fingerprint density at radius 1 is 1.67 bits per heavy atom. The Bertz CT molecular complexity index is 298. The number of carbonyl (C=O) groups excluding carboxylic acids is 1. The van der Waals surface area contributed by atoms with Crippen molar-refractivity contribution in [3.05, 3.63) is 22.4 Å². The van der Waals surface area contributed by atoms with Crippen molar-refractivity contribution in [1.82, 2.24) is 4.90 Å². The highest BCUT2D eigenvalue weighted by Crippen LogP contribution is 2.08. The van der Waals surface area contributed by atoms with Gasteiger partial charge in [0.25, 0.3) is 0 Å². The molecule has 1 heterocycles. The highest BCUT2D eigenvalue weighted by Gasteiger charge is 2.10. The van der Waals surface area contributed by atoms with Crippen LogP contribution < -0.4 is 0 Å². The first-order valence-electron chi connectivity index (χ1n) is 4.98. The van der Waals surface area contributed by atoms with Gasteiger partial charge in [-0.05, 0) is 35.7 Å². The Morgan fingerprint density at radius 2 is 2.40 bits per heavy atom. The second kappa shape index (κ2) is 6.13. The average Bonchev–Trinajstić information content (AvgIpc) is 2.66. The molecule has 0 aromatic carbocycles. The van der Waals surface area contributed by atoms with Crippen molar-refractivity contribution >= 4 is 28.8 Å². The number of halogens is 1. The molecular weight excluding hydrogens is 230 g/mol. The Balaban J connectivity index is 2.33. The maximum Gasteiger partial charge on any atom is 0.226 e. The van der Waals surface area contributed by atoms with Gasteiger partial charge in [0.1, 0.15) is 0 Å². The van der Waals surface area contributed by atoms with Crippen LogP contribution in [0.5, 0.6) is 0 Å². The lowest BCUT2D eigenvalue weighted by Gasteiger charge is -2.17. The molecule has 0 spiro atoms. The summed E-state index contributed by atoms with van der Waals surface area (Å²) < 4.78 is 0. The molecule has 4 heteroatoms. The molecule has 15 heavy (non-hydrogen) atoms. The number of carbonyl (C=O) groups is 1. The minimum atomic E-state index is 0.126. The predicted octanol–water partition coefficient (Wildman–Crippen LogP) is 2.77. The Hall–Kier alpha value is -0.540. The molecule has 84 valence electrons. The first kappa shape index (κ1) is 12.5. The first-order chi connectivity index (χ1) is 7.09. The summed E-state index contributed by atoms with van der Waals surface area (Å²) in [5.41, 5.74) is 1.09. The van der Waals surface area contributed by atoms with E-state index < -0.39 is 0 Å². The number of amides is 1. The molecule has 0 saturated heterocycles. The second-order valence-corrected chi connectivity index (χ2v) is 5.22. The van der Waals surface area contributed by atoms with Gasteiger partial charge in [0.15, 0.2) is 0 Å². The van der Waals surface area contributed by atoms with Gasteiger partial charge in [-0.3, -0.25) is 4.79 Å². The lowest BCUT2D eigenvalue weighted by atomic mass is 10.2. The van der Waals surface area contributed by atoms with E-state index in [1.807, 2.05) is 30.8 Å². The Kier molecular flexibility index (Phi) is 5.12. The van der Waals surface area contributed by atoms with Crippen LogP contribution >= 0.6 is 22.9 Å². The van der Waals surface area contributed by atoms with E-state index in [0.717, 1.165) is 18.5 Å². The molecular formula is C11H16ClNOS. The molecule has 0 aliphatic heterocycles. The van der Waals surface area contributed by atoms with Crippen molar-refractivity contribution in [3.8, 4) is 0 Å².